The molecule has 2 aromatic carbocycles. The van der Waals surface area contributed by atoms with Gasteiger partial charge in [0.1, 0.15) is 28.7 Å². The lowest BCUT2D eigenvalue weighted by Gasteiger charge is -2.31. The van der Waals surface area contributed by atoms with Crippen molar-refractivity contribution in [2.75, 3.05) is 0 Å². The van der Waals surface area contributed by atoms with Gasteiger partial charge in [-0.15, -0.1) is 0 Å². The molecule has 0 saturated carbocycles. The monoisotopic (exact) mass is 290 g/mol. The quantitative estimate of drug-likeness (QED) is 0.510. The molecule has 21 heavy (non-hydrogen) atoms. The second kappa shape index (κ2) is 4.75. The van der Waals surface area contributed by atoms with E-state index in [1.54, 1.807) is 0 Å². The van der Waals surface area contributed by atoms with Crippen molar-refractivity contribution in [3.8, 4) is 28.7 Å². The molecule has 0 unspecified atom stereocenters. The van der Waals surface area contributed by atoms with Crippen LogP contribution in [0.5, 0.6) is 28.7 Å². The van der Waals surface area contributed by atoms with Crippen LogP contribution < -0.4 is 4.74 Å². The van der Waals surface area contributed by atoms with E-state index >= 15 is 0 Å². The van der Waals surface area contributed by atoms with Crippen molar-refractivity contribution < 1.29 is 30.3 Å². The molecule has 0 bridgehead atoms. The smallest absolute Gasteiger partial charge is 0.154 e. The first-order valence-electron chi connectivity index (χ1n) is 6.37. The Hall–Kier alpha value is -2.60. The van der Waals surface area contributed by atoms with E-state index in [0.29, 0.717) is 5.56 Å². The van der Waals surface area contributed by atoms with Crippen LogP contribution in [-0.2, 0) is 6.42 Å². The number of phenolic OH excluding ortho intramolecular Hbond substituents is 4. The number of aliphatic hydroxyl groups is 1. The molecular weight excluding hydrogens is 276 g/mol. The van der Waals surface area contributed by atoms with Crippen molar-refractivity contribution in [2.45, 2.75) is 18.6 Å². The van der Waals surface area contributed by atoms with Crippen molar-refractivity contribution in [3.63, 3.8) is 0 Å². The highest BCUT2D eigenvalue weighted by atomic mass is 16.5. The molecule has 5 N–H and O–H groups in total. The maximum atomic E-state index is 10.2. The van der Waals surface area contributed by atoms with Gasteiger partial charge in [0.15, 0.2) is 6.10 Å². The number of aromatic hydroxyl groups is 4. The SMILES string of the molecule is Oc1cc(O)c2c(c1)O[C@@H](c1cc(O)ccc1O)[C@@H](O)C2. The zero-order valence-corrected chi connectivity index (χ0v) is 10.9. The van der Waals surface area contributed by atoms with Gasteiger partial charge in [-0.1, -0.05) is 0 Å². The van der Waals surface area contributed by atoms with E-state index in [2.05, 4.69) is 0 Å². The Balaban J connectivity index is 2.04. The predicted octanol–water partition coefficient (Wildman–Crippen LogP) is 1.55. The molecular formula is C15H14O6. The summed E-state index contributed by atoms with van der Waals surface area (Å²) < 4.78 is 5.59. The molecule has 0 aromatic heterocycles. The summed E-state index contributed by atoms with van der Waals surface area (Å²) in [4.78, 5) is 0. The van der Waals surface area contributed by atoms with Gasteiger partial charge in [-0.25, -0.2) is 0 Å². The van der Waals surface area contributed by atoms with Crippen LogP contribution in [0.25, 0.3) is 0 Å². The van der Waals surface area contributed by atoms with Crippen molar-refractivity contribution >= 4 is 0 Å². The van der Waals surface area contributed by atoms with Crippen LogP contribution in [0.4, 0.5) is 0 Å². The highest BCUT2D eigenvalue weighted by Crippen LogP contribution is 2.43. The van der Waals surface area contributed by atoms with Crippen LogP contribution in [0.15, 0.2) is 30.3 Å². The highest BCUT2D eigenvalue weighted by Gasteiger charge is 2.33. The third-order valence-corrected chi connectivity index (χ3v) is 3.50. The molecule has 0 saturated heterocycles. The zero-order valence-electron chi connectivity index (χ0n) is 10.9. The van der Waals surface area contributed by atoms with Crippen LogP contribution in [0.2, 0.25) is 0 Å². The number of benzene rings is 2. The van der Waals surface area contributed by atoms with Gasteiger partial charge >= 0.3 is 0 Å². The Morgan fingerprint density at radius 1 is 0.905 bits per heavy atom. The Morgan fingerprint density at radius 2 is 1.67 bits per heavy atom. The molecule has 0 spiro atoms. The molecule has 0 amide bonds. The van der Waals surface area contributed by atoms with Gasteiger partial charge in [0.2, 0.25) is 0 Å². The molecule has 0 fully saturated rings. The van der Waals surface area contributed by atoms with E-state index in [1.165, 1.54) is 30.3 Å². The lowest BCUT2D eigenvalue weighted by molar-refractivity contribution is 0.0184. The lowest BCUT2D eigenvalue weighted by atomic mass is 9.93. The van der Waals surface area contributed by atoms with E-state index < -0.39 is 12.2 Å². The normalized spacial score (nSPS) is 20.6. The van der Waals surface area contributed by atoms with Crippen LogP contribution >= 0.6 is 0 Å². The first-order chi connectivity index (χ1) is 9.95. The molecule has 6 nitrogen and oxygen atoms in total. The van der Waals surface area contributed by atoms with Crippen LogP contribution in [0.1, 0.15) is 17.2 Å². The van der Waals surface area contributed by atoms with Gasteiger partial charge in [-0.2, -0.15) is 0 Å². The van der Waals surface area contributed by atoms with Crippen LogP contribution in [0, 0.1) is 0 Å². The second-order valence-corrected chi connectivity index (χ2v) is 4.99. The average molecular weight is 290 g/mol. The van der Waals surface area contributed by atoms with Crippen molar-refractivity contribution in [1.82, 2.24) is 0 Å². The number of ether oxygens (including phenoxy) is 1. The summed E-state index contributed by atoms with van der Waals surface area (Å²) in [5.74, 6) is -0.289. The number of phenols is 4. The maximum Gasteiger partial charge on any atom is 0.154 e. The third-order valence-electron chi connectivity index (χ3n) is 3.50. The number of rotatable bonds is 1. The maximum absolute atomic E-state index is 10.2. The first kappa shape index (κ1) is 13.4. The number of aliphatic hydroxyl groups excluding tert-OH is 1. The van der Waals surface area contributed by atoms with Gasteiger partial charge < -0.3 is 30.3 Å². The molecule has 0 radical (unpaired) electrons. The van der Waals surface area contributed by atoms with Gasteiger partial charge in [-0.3, -0.25) is 0 Å². The molecule has 110 valence electrons. The summed E-state index contributed by atoms with van der Waals surface area (Å²) in [6, 6.07) is 6.42. The standard InChI is InChI=1S/C15H14O6/c16-7-1-2-11(18)10(3-7)15-13(20)6-9-12(19)4-8(17)5-14(9)21-15/h1-5,13,15-20H,6H2/t13-,15-/m0/s1. The fourth-order valence-electron chi connectivity index (χ4n) is 2.50. The molecule has 1 aliphatic heterocycles. The Morgan fingerprint density at radius 3 is 2.43 bits per heavy atom. The van der Waals surface area contributed by atoms with E-state index in [-0.39, 0.29) is 40.7 Å². The summed E-state index contributed by atoms with van der Waals surface area (Å²) in [5, 5.41) is 48.8. The summed E-state index contributed by atoms with van der Waals surface area (Å²) in [5.41, 5.74) is 0.618. The van der Waals surface area contributed by atoms with Crippen LogP contribution in [-0.4, -0.2) is 31.6 Å². The molecule has 1 heterocycles. The molecule has 1 aliphatic rings. The largest absolute Gasteiger partial charge is 0.508 e. The Bertz CT molecular complexity index is 697. The lowest BCUT2D eigenvalue weighted by Crippen LogP contribution is -2.30. The molecule has 6 heteroatoms. The topological polar surface area (TPSA) is 110 Å². The minimum atomic E-state index is -1.01. The minimum Gasteiger partial charge on any atom is -0.508 e. The van der Waals surface area contributed by atoms with Crippen molar-refractivity contribution in [3.05, 3.63) is 41.5 Å². The van der Waals surface area contributed by atoms with Gasteiger partial charge in [-0.05, 0) is 18.2 Å². The first-order valence-corrected chi connectivity index (χ1v) is 6.37. The third kappa shape index (κ3) is 2.30. The second-order valence-electron chi connectivity index (χ2n) is 4.99. The van der Waals surface area contributed by atoms with Crippen molar-refractivity contribution in [2.24, 2.45) is 0 Å². The molecule has 0 aliphatic carbocycles. The van der Waals surface area contributed by atoms with Gasteiger partial charge in [0.05, 0.1) is 6.10 Å². The fourth-order valence-corrected chi connectivity index (χ4v) is 2.50. The van der Waals surface area contributed by atoms with Crippen molar-refractivity contribution in [1.29, 1.82) is 0 Å². The summed E-state index contributed by atoms with van der Waals surface area (Å²) in [7, 11) is 0. The Labute approximate surface area is 120 Å². The van der Waals surface area contributed by atoms with E-state index in [0.717, 1.165) is 0 Å². The number of fused-ring (bicyclic) bond motifs is 1. The average Bonchev–Trinajstić information content (AvgIpc) is 2.42. The van der Waals surface area contributed by atoms with Gasteiger partial charge in [0.25, 0.3) is 0 Å². The summed E-state index contributed by atoms with van der Waals surface area (Å²) >= 11 is 0. The number of hydrogen-bond acceptors (Lipinski definition) is 6. The fraction of sp³-hybridized carbons (Fsp3) is 0.200. The predicted molar refractivity (Wildman–Crippen MR) is 72.6 cm³/mol. The minimum absolute atomic E-state index is 0.0665. The zero-order chi connectivity index (χ0) is 15.1. The van der Waals surface area contributed by atoms with E-state index in [9.17, 15) is 25.5 Å². The van der Waals surface area contributed by atoms with E-state index in [1.807, 2.05) is 0 Å². The van der Waals surface area contributed by atoms with Crippen LogP contribution in [0.3, 0.4) is 0 Å². The highest BCUT2D eigenvalue weighted by molar-refractivity contribution is 5.52. The molecule has 2 atom stereocenters. The van der Waals surface area contributed by atoms with E-state index in [4.69, 9.17) is 4.74 Å². The summed E-state index contributed by atoms with van der Waals surface area (Å²) in [6.45, 7) is 0. The Kier molecular flexibility index (Phi) is 3.03. The van der Waals surface area contributed by atoms with Gasteiger partial charge in [0, 0.05) is 29.7 Å². The summed E-state index contributed by atoms with van der Waals surface area (Å²) in [6.07, 6.45) is -1.83. The molecule has 3 rings (SSSR count). The molecule has 2 aromatic rings. The number of hydrogen-bond donors (Lipinski definition) is 5.